The molecule has 1 unspecified atom stereocenters. The van der Waals surface area contributed by atoms with E-state index >= 15 is 0 Å². The number of aliphatic hydroxyl groups excluding tert-OH is 1. The monoisotopic (exact) mass is 296 g/mol. The van der Waals surface area contributed by atoms with Crippen LogP contribution in [0.2, 0.25) is 0 Å². The van der Waals surface area contributed by atoms with Gasteiger partial charge < -0.3 is 15.2 Å². The lowest BCUT2D eigenvalue weighted by atomic mass is 10.1. The van der Waals surface area contributed by atoms with Crippen molar-refractivity contribution in [1.82, 2.24) is 5.32 Å². The number of carbonyl (C=O) groups excluding carboxylic acids is 1. The Morgan fingerprint density at radius 2 is 2.19 bits per heavy atom. The average molecular weight is 296 g/mol. The fourth-order valence-electron chi connectivity index (χ4n) is 1.80. The molecule has 1 aromatic rings. The molecule has 0 aliphatic carbocycles. The molecule has 0 spiro atoms. The molecule has 0 aliphatic rings. The van der Waals surface area contributed by atoms with Crippen LogP contribution < -0.4 is 10.1 Å². The molecule has 7 nitrogen and oxygen atoms in total. The smallest absolute Gasteiger partial charge is 0.311 e. The van der Waals surface area contributed by atoms with Gasteiger partial charge in [-0.1, -0.05) is 13.0 Å². The van der Waals surface area contributed by atoms with Gasteiger partial charge in [0.25, 0.3) is 5.91 Å². The number of benzene rings is 1. The predicted molar refractivity (Wildman–Crippen MR) is 77.5 cm³/mol. The molecular formula is C14H20N2O5. The molecule has 0 fully saturated rings. The van der Waals surface area contributed by atoms with Gasteiger partial charge in [0.15, 0.2) is 0 Å². The highest BCUT2D eigenvalue weighted by Gasteiger charge is 2.22. The summed E-state index contributed by atoms with van der Waals surface area (Å²) >= 11 is 0. The molecule has 1 amide bonds. The van der Waals surface area contributed by atoms with Gasteiger partial charge in [-0.25, -0.2) is 0 Å². The van der Waals surface area contributed by atoms with E-state index in [2.05, 4.69) is 5.32 Å². The summed E-state index contributed by atoms with van der Waals surface area (Å²) in [4.78, 5) is 22.5. The zero-order valence-corrected chi connectivity index (χ0v) is 12.2. The number of hydrogen-bond acceptors (Lipinski definition) is 5. The second-order valence-corrected chi connectivity index (χ2v) is 4.45. The zero-order valence-electron chi connectivity index (χ0n) is 12.2. The van der Waals surface area contributed by atoms with Gasteiger partial charge in [-0.3, -0.25) is 14.9 Å². The van der Waals surface area contributed by atoms with Gasteiger partial charge in [0.1, 0.15) is 0 Å². The molecule has 0 aromatic heterocycles. The van der Waals surface area contributed by atoms with Crippen molar-refractivity contribution in [2.45, 2.75) is 32.8 Å². The number of para-hydroxylation sites is 1. The summed E-state index contributed by atoms with van der Waals surface area (Å²) in [5.74, 6) is -0.482. The SMILES string of the molecule is CCOc1c(C(=O)NCCC(O)CC)cccc1[N+](=O)[O-]. The second kappa shape index (κ2) is 8.21. The highest BCUT2D eigenvalue weighted by Crippen LogP contribution is 2.30. The first-order valence-electron chi connectivity index (χ1n) is 6.87. The molecule has 0 radical (unpaired) electrons. The van der Waals surface area contributed by atoms with Gasteiger partial charge >= 0.3 is 5.69 Å². The first kappa shape index (κ1) is 16.9. The van der Waals surface area contributed by atoms with E-state index in [0.29, 0.717) is 19.4 Å². The van der Waals surface area contributed by atoms with Crippen LogP contribution in [0.25, 0.3) is 0 Å². The number of nitro groups is 1. The first-order chi connectivity index (χ1) is 10.0. The molecule has 0 saturated carbocycles. The van der Waals surface area contributed by atoms with Crippen LogP contribution in [0.4, 0.5) is 5.69 Å². The number of carbonyl (C=O) groups is 1. The number of nitro benzene ring substituents is 1. The normalized spacial score (nSPS) is 11.8. The van der Waals surface area contributed by atoms with Gasteiger partial charge in [-0.05, 0) is 25.8 Å². The lowest BCUT2D eigenvalue weighted by molar-refractivity contribution is -0.385. The van der Waals surface area contributed by atoms with Crippen LogP contribution in [-0.2, 0) is 0 Å². The number of hydrogen-bond donors (Lipinski definition) is 2. The fraction of sp³-hybridized carbons (Fsp3) is 0.500. The summed E-state index contributed by atoms with van der Waals surface area (Å²) in [6.45, 7) is 4.05. The van der Waals surface area contributed by atoms with E-state index in [9.17, 15) is 20.0 Å². The quantitative estimate of drug-likeness (QED) is 0.563. The molecule has 0 heterocycles. The van der Waals surface area contributed by atoms with Crippen LogP contribution in [0.5, 0.6) is 5.75 Å². The van der Waals surface area contributed by atoms with Crippen LogP contribution in [0.15, 0.2) is 18.2 Å². The van der Waals surface area contributed by atoms with Crippen molar-refractivity contribution in [3.63, 3.8) is 0 Å². The lowest BCUT2D eigenvalue weighted by Crippen LogP contribution is -2.27. The van der Waals surface area contributed by atoms with Gasteiger partial charge in [0.05, 0.1) is 23.2 Å². The molecule has 2 N–H and O–H groups in total. The largest absolute Gasteiger partial charge is 0.487 e. The van der Waals surface area contributed by atoms with Crippen molar-refractivity contribution in [2.75, 3.05) is 13.2 Å². The van der Waals surface area contributed by atoms with Crippen molar-refractivity contribution < 1.29 is 19.6 Å². The Morgan fingerprint density at radius 1 is 1.48 bits per heavy atom. The number of amides is 1. The summed E-state index contributed by atoms with van der Waals surface area (Å²) < 4.78 is 5.25. The van der Waals surface area contributed by atoms with Crippen molar-refractivity contribution in [1.29, 1.82) is 0 Å². The van der Waals surface area contributed by atoms with Gasteiger partial charge in [-0.2, -0.15) is 0 Å². The fourth-order valence-corrected chi connectivity index (χ4v) is 1.80. The van der Waals surface area contributed by atoms with E-state index in [-0.39, 0.29) is 23.6 Å². The van der Waals surface area contributed by atoms with Gasteiger partial charge in [0.2, 0.25) is 5.75 Å². The second-order valence-electron chi connectivity index (χ2n) is 4.45. The van der Waals surface area contributed by atoms with Crippen molar-refractivity contribution in [3.05, 3.63) is 33.9 Å². The average Bonchev–Trinajstić information content (AvgIpc) is 2.47. The molecule has 7 heteroatoms. The molecule has 1 aromatic carbocycles. The summed E-state index contributed by atoms with van der Waals surface area (Å²) in [6, 6.07) is 4.21. The number of rotatable bonds is 8. The van der Waals surface area contributed by atoms with E-state index in [1.165, 1.54) is 18.2 Å². The Labute approximate surface area is 123 Å². The Bertz CT molecular complexity index is 504. The predicted octanol–water partition coefficient (Wildman–Crippen LogP) is 1.88. The standard InChI is InChI=1S/C14H20N2O5/c1-3-10(17)8-9-15-14(18)11-6-5-7-12(16(19)20)13(11)21-4-2/h5-7,10,17H,3-4,8-9H2,1-2H3,(H,15,18). The highest BCUT2D eigenvalue weighted by molar-refractivity contribution is 5.98. The summed E-state index contributed by atoms with van der Waals surface area (Å²) in [7, 11) is 0. The minimum Gasteiger partial charge on any atom is -0.487 e. The Balaban J connectivity index is 2.88. The number of nitrogens with one attached hydrogen (secondary N) is 1. The minimum atomic E-state index is -0.581. The topological polar surface area (TPSA) is 102 Å². The van der Waals surface area contributed by atoms with Crippen molar-refractivity contribution in [3.8, 4) is 5.75 Å². The minimum absolute atomic E-state index is 0.0291. The van der Waals surface area contributed by atoms with Gasteiger partial charge in [-0.15, -0.1) is 0 Å². The van der Waals surface area contributed by atoms with Crippen LogP contribution >= 0.6 is 0 Å². The van der Waals surface area contributed by atoms with Gasteiger partial charge in [0, 0.05) is 12.6 Å². The maximum Gasteiger partial charge on any atom is 0.311 e. The van der Waals surface area contributed by atoms with Crippen LogP contribution in [0.1, 0.15) is 37.0 Å². The lowest BCUT2D eigenvalue weighted by Gasteiger charge is -2.12. The van der Waals surface area contributed by atoms with Crippen LogP contribution in [0, 0.1) is 10.1 Å². The van der Waals surface area contributed by atoms with E-state index in [1.54, 1.807) is 6.92 Å². The molecular weight excluding hydrogens is 276 g/mol. The highest BCUT2D eigenvalue weighted by atomic mass is 16.6. The Hall–Kier alpha value is -2.15. The van der Waals surface area contributed by atoms with Crippen LogP contribution in [0.3, 0.4) is 0 Å². The van der Waals surface area contributed by atoms with Crippen LogP contribution in [-0.4, -0.2) is 35.2 Å². The number of nitrogens with zero attached hydrogens (tertiary/aromatic N) is 1. The van der Waals surface area contributed by atoms with E-state index in [4.69, 9.17) is 4.74 Å². The number of aliphatic hydroxyl groups is 1. The first-order valence-corrected chi connectivity index (χ1v) is 6.87. The number of ether oxygens (including phenoxy) is 1. The molecule has 1 atom stereocenters. The van der Waals surface area contributed by atoms with Crippen molar-refractivity contribution in [2.24, 2.45) is 0 Å². The molecule has 0 bridgehead atoms. The third-order valence-electron chi connectivity index (χ3n) is 2.96. The summed E-state index contributed by atoms with van der Waals surface area (Å²) in [5.41, 5.74) is -0.116. The third-order valence-corrected chi connectivity index (χ3v) is 2.96. The molecule has 116 valence electrons. The maximum atomic E-state index is 12.1. The Morgan fingerprint density at radius 3 is 2.76 bits per heavy atom. The third kappa shape index (κ3) is 4.71. The molecule has 21 heavy (non-hydrogen) atoms. The van der Waals surface area contributed by atoms with E-state index < -0.39 is 16.9 Å². The molecule has 1 rings (SSSR count). The summed E-state index contributed by atoms with van der Waals surface area (Å²) in [5, 5.41) is 23.0. The Kier molecular flexibility index (Phi) is 6.61. The summed E-state index contributed by atoms with van der Waals surface area (Å²) in [6.07, 6.45) is 0.569. The molecule has 0 saturated heterocycles. The maximum absolute atomic E-state index is 12.1. The van der Waals surface area contributed by atoms with Crippen molar-refractivity contribution >= 4 is 11.6 Å². The zero-order chi connectivity index (χ0) is 15.8. The molecule has 0 aliphatic heterocycles. The van der Waals surface area contributed by atoms with E-state index in [1.807, 2.05) is 6.92 Å². The van der Waals surface area contributed by atoms with E-state index in [0.717, 1.165) is 0 Å².